The van der Waals surface area contributed by atoms with Gasteiger partial charge in [0.2, 0.25) is 34.4 Å². The maximum atomic E-state index is 16.1. The number of aliphatic hydroxyl groups excluding tert-OH is 1. The number of anilines is 2. The molecule has 3 aromatic heterocycles. The number of piperazine rings is 1. The molecule has 10 rings (SSSR count). The Hall–Kier alpha value is -6.76. The lowest BCUT2D eigenvalue weighted by Gasteiger charge is -2.48. The Bertz CT molecular complexity index is 3290. The molecule has 4 N–H and O–H groups in total. The molecule has 6 aromatic rings. The first kappa shape index (κ1) is 54.6. The molecule has 4 atom stereocenters. The van der Waals surface area contributed by atoms with E-state index >= 15 is 8.78 Å². The number of amides is 3. The summed E-state index contributed by atoms with van der Waals surface area (Å²) in [6.07, 6.45) is 0.855. The summed E-state index contributed by atoms with van der Waals surface area (Å²) in [5, 5.41) is 18.0. The Labute approximate surface area is 455 Å². The smallest absolute Gasteiger partial charge is 0.246 e. The number of benzene rings is 3. The molecule has 0 saturated carbocycles. The molecule has 0 spiro atoms. The monoisotopic (exact) mass is 1110 g/mol. The average molecular weight is 1110 g/mol. The van der Waals surface area contributed by atoms with E-state index in [1.165, 1.54) is 11.1 Å². The fraction of sp³-hybridized carbons (Fsp3) is 0.418. The lowest BCUT2D eigenvalue weighted by Crippen LogP contribution is -2.65. The molecule has 4 saturated heterocycles. The number of aromatic nitrogens is 3. The second-order valence-corrected chi connectivity index (χ2v) is 23.3. The van der Waals surface area contributed by atoms with E-state index in [9.17, 15) is 37.1 Å². The number of nitrogens with one attached hydrogen (secondary N) is 3. The number of aryl methyl sites for hydroxylation is 1. The normalized spacial score (nSPS) is 20.1. The van der Waals surface area contributed by atoms with Gasteiger partial charge < -0.3 is 30.5 Å². The summed E-state index contributed by atoms with van der Waals surface area (Å²) in [6.45, 7) is 12.1. The number of fused-ring (bicyclic) bond motifs is 1. The third kappa shape index (κ3) is 11.4. The van der Waals surface area contributed by atoms with Gasteiger partial charge in [0.05, 0.1) is 40.8 Å². The van der Waals surface area contributed by atoms with Crippen LogP contribution >= 0.6 is 11.3 Å². The second kappa shape index (κ2) is 22.5. The zero-order valence-electron chi connectivity index (χ0n) is 43.6. The maximum absolute atomic E-state index is 16.1. The van der Waals surface area contributed by atoms with E-state index in [0.717, 1.165) is 76.3 Å². The molecule has 4 aliphatic rings. The molecule has 23 heteroatoms. The van der Waals surface area contributed by atoms with E-state index in [1.54, 1.807) is 23.6 Å². The summed E-state index contributed by atoms with van der Waals surface area (Å²) in [5.74, 6) is -4.66. The van der Waals surface area contributed by atoms with Gasteiger partial charge in [-0.2, -0.15) is 4.41 Å². The highest BCUT2D eigenvalue weighted by molar-refractivity contribution is 7.73. The van der Waals surface area contributed by atoms with Crippen LogP contribution in [0.2, 0.25) is 0 Å². The molecule has 3 aromatic carbocycles. The van der Waals surface area contributed by atoms with Gasteiger partial charge in [0.1, 0.15) is 35.4 Å². The zero-order valence-corrected chi connectivity index (χ0v) is 45.3. The van der Waals surface area contributed by atoms with Crippen molar-refractivity contribution in [2.24, 2.45) is 5.41 Å². The fourth-order valence-corrected chi connectivity index (χ4v) is 12.4. The Morgan fingerprint density at radius 1 is 0.910 bits per heavy atom. The summed E-state index contributed by atoms with van der Waals surface area (Å²) in [7, 11) is -3.50. The van der Waals surface area contributed by atoms with E-state index in [1.807, 2.05) is 81.7 Å². The van der Waals surface area contributed by atoms with Gasteiger partial charge in [0.15, 0.2) is 5.82 Å². The number of likely N-dealkylation sites (tertiary alicyclic amines) is 2. The fourth-order valence-electron chi connectivity index (χ4n) is 10.9. The van der Waals surface area contributed by atoms with Crippen LogP contribution in [0.25, 0.3) is 32.6 Å². The van der Waals surface area contributed by atoms with Gasteiger partial charge >= 0.3 is 0 Å². The zero-order chi connectivity index (χ0) is 55.2. The highest BCUT2D eigenvalue weighted by Gasteiger charge is 2.45. The number of carbonyl (C=O) groups excluding carboxylic acids is 4. The van der Waals surface area contributed by atoms with Crippen LogP contribution in [-0.2, 0) is 31.8 Å². The summed E-state index contributed by atoms with van der Waals surface area (Å²) >= 11 is 1.57. The first-order valence-electron chi connectivity index (χ1n) is 26.0. The van der Waals surface area contributed by atoms with Crippen molar-refractivity contribution >= 4 is 68.1 Å². The van der Waals surface area contributed by atoms with Gasteiger partial charge in [-0.1, -0.05) is 57.2 Å². The topological polar surface area (TPSA) is 208 Å². The highest BCUT2D eigenvalue weighted by Crippen LogP contribution is 2.34. The number of rotatable bonds is 16. The predicted molar refractivity (Wildman–Crippen MR) is 291 cm³/mol. The number of nitrogens with zero attached hydrogens (tertiary/aromatic N) is 8. The van der Waals surface area contributed by atoms with Gasteiger partial charge in [-0.3, -0.25) is 29.0 Å². The maximum Gasteiger partial charge on any atom is 0.246 e. The first-order chi connectivity index (χ1) is 37.3. The highest BCUT2D eigenvalue weighted by atomic mass is 32.2. The van der Waals surface area contributed by atoms with E-state index in [0.29, 0.717) is 34.1 Å². The number of alkyl halides is 1. The SMILES string of the molecule is Cc1ncsc1-c1ccc(CNC(=O)[C@@H]2C[C@@H](O)CN2C(=O)[C@@H](NC(=O)CN2CC(N3CCN(c4ccc(-c5cnc6[nH]cc(C(=O)c7c(F)ccc(N(N8CC[C@@H](F)C8)[SH](=O)=O)c7F)c6c5)cc4)CC3)C2)C(C)(C)C)cc1. The molecule has 0 radical (unpaired) electrons. The van der Waals surface area contributed by atoms with Crippen molar-refractivity contribution in [1.29, 1.82) is 0 Å². The summed E-state index contributed by atoms with van der Waals surface area (Å²) < 4.78 is 70.5. The van der Waals surface area contributed by atoms with Crippen LogP contribution in [0.15, 0.2) is 84.6 Å². The Morgan fingerprint density at radius 2 is 1.63 bits per heavy atom. The number of thiazole rings is 1. The number of pyridine rings is 1. The van der Waals surface area contributed by atoms with Crippen molar-refractivity contribution in [3.05, 3.63) is 119 Å². The largest absolute Gasteiger partial charge is 0.391 e. The summed E-state index contributed by atoms with van der Waals surface area (Å²) in [5.41, 5.74) is 5.15. The van der Waals surface area contributed by atoms with Gasteiger partial charge in [-0.15, -0.1) is 11.3 Å². The number of hydrogen-bond acceptors (Lipinski definition) is 14. The number of halogens is 3. The minimum absolute atomic E-state index is 0.00896. The predicted octanol–water partition coefficient (Wildman–Crippen LogP) is 5.08. The van der Waals surface area contributed by atoms with Gasteiger partial charge in [-0.05, 0) is 65.8 Å². The minimum atomic E-state index is -3.50. The van der Waals surface area contributed by atoms with Crippen molar-refractivity contribution in [2.75, 3.05) is 74.8 Å². The molecule has 7 heterocycles. The van der Waals surface area contributed by atoms with Crippen LogP contribution in [0.5, 0.6) is 0 Å². The Balaban J connectivity index is 0.704. The quantitative estimate of drug-likeness (QED) is 0.0635. The Morgan fingerprint density at radius 3 is 2.28 bits per heavy atom. The number of aromatic amines is 1. The van der Waals surface area contributed by atoms with Crippen molar-refractivity contribution in [2.45, 2.75) is 77.5 Å². The molecule has 4 fully saturated rings. The van der Waals surface area contributed by atoms with E-state index in [-0.39, 0.29) is 69.0 Å². The van der Waals surface area contributed by atoms with Crippen molar-refractivity contribution in [3.63, 3.8) is 0 Å². The van der Waals surface area contributed by atoms with Crippen LogP contribution in [0, 0.1) is 24.0 Å². The minimum Gasteiger partial charge on any atom is -0.391 e. The van der Waals surface area contributed by atoms with Crippen LogP contribution in [0.4, 0.5) is 24.5 Å². The van der Waals surface area contributed by atoms with Crippen molar-refractivity contribution in [1.82, 2.24) is 45.3 Å². The molecule has 78 heavy (non-hydrogen) atoms. The Kier molecular flexibility index (Phi) is 15.8. The third-order valence-corrected chi connectivity index (χ3v) is 17.0. The molecule has 3 amide bonds. The number of ketones is 1. The molecular formula is C55H62F3N11O7S2. The number of β-amino-alcohol motifs (C(OH)–C–C–N with tert-alkyl or cyclic N) is 1. The molecule has 0 bridgehead atoms. The van der Waals surface area contributed by atoms with Gasteiger partial charge in [0.25, 0.3) is 0 Å². The van der Waals surface area contributed by atoms with Crippen molar-refractivity contribution in [3.8, 4) is 21.6 Å². The van der Waals surface area contributed by atoms with Crippen LogP contribution in [-0.4, -0.2) is 168 Å². The van der Waals surface area contributed by atoms with E-state index in [2.05, 4.69) is 40.3 Å². The molecular weight excluding hydrogens is 1050 g/mol. The lowest BCUT2D eigenvalue weighted by atomic mass is 9.85. The standard InChI is InChI=1S/C55H62F3N11O7S2/c1-32-50(77-31-62-32)35-7-5-33(6-8-35)23-61-53(73)45-22-40(70)29-68(45)54(74)51(55(2,3)4)63-46(71)30-64-27-39(28-64)66-19-17-65(18-20-66)38-11-9-34(10-12-38)36-21-41-42(25-60-52(41)59-24-36)49(72)47-43(57)13-14-44(48(47)58)69(78(75)76)67-16-15-37(56)26-67/h5-14,21,24-25,31,37,39-40,45,51,70,78H,15-20,22-23,26-30H2,1-4H3,(H,59,60)(H,61,73)(H,63,71)/t37-,40-,45+,51-/m1/s1. The average Bonchev–Trinajstić information content (AvgIpc) is 4.27. The van der Waals surface area contributed by atoms with Crippen LogP contribution in [0.1, 0.15) is 60.8 Å². The summed E-state index contributed by atoms with van der Waals surface area (Å²) in [6, 6.07) is 17.6. The van der Waals surface area contributed by atoms with Gasteiger partial charge in [0, 0.05) is 106 Å². The van der Waals surface area contributed by atoms with Crippen LogP contribution < -0.4 is 19.9 Å². The van der Waals surface area contributed by atoms with Gasteiger partial charge in [-0.25, -0.2) is 36.6 Å². The number of hydrogen-bond donors (Lipinski definition) is 5. The first-order valence-corrected chi connectivity index (χ1v) is 28.0. The van der Waals surface area contributed by atoms with E-state index in [4.69, 9.17) is 0 Å². The number of H-pyrrole nitrogens is 1. The van der Waals surface area contributed by atoms with Crippen LogP contribution in [0.3, 0.4) is 0 Å². The molecule has 4 aliphatic heterocycles. The third-order valence-electron chi connectivity index (χ3n) is 15.2. The second-order valence-electron chi connectivity index (χ2n) is 21.6. The molecule has 0 unspecified atom stereocenters. The molecule has 18 nitrogen and oxygen atoms in total. The number of carbonyl (C=O) groups is 4. The number of aliphatic hydroxyl groups is 1. The molecule has 0 aliphatic carbocycles. The van der Waals surface area contributed by atoms with Crippen molar-refractivity contribution < 1.29 is 45.9 Å². The lowest BCUT2D eigenvalue weighted by molar-refractivity contribution is -0.144. The summed E-state index contributed by atoms with van der Waals surface area (Å²) in [4.78, 5) is 76.2. The number of thiol groups is 1. The molecule has 412 valence electrons. The number of hydrazine groups is 1. The van der Waals surface area contributed by atoms with E-state index < -0.39 is 75.2 Å².